The van der Waals surface area contributed by atoms with Crippen molar-refractivity contribution < 1.29 is 18.3 Å². The Hall–Kier alpha value is -1.11. The van der Waals surface area contributed by atoms with Gasteiger partial charge in [0.05, 0.1) is 6.61 Å². The molecule has 0 amide bonds. The van der Waals surface area contributed by atoms with Gasteiger partial charge in [-0.1, -0.05) is 0 Å². The summed E-state index contributed by atoms with van der Waals surface area (Å²) in [6, 6.07) is 2.05. The maximum absolute atomic E-state index is 13.1. The molecule has 1 aliphatic rings. The Labute approximate surface area is 122 Å². The molecule has 21 heavy (non-hydrogen) atoms. The van der Waals surface area contributed by atoms with Crippen LogP contribution in [0.25, 0.3) is 0 Å². The first-order valence-corrected chi connectivity index (χ1v) is 7.27. The highest BCUT2D eigenvalue weighted by Crippen LogP contribution is 2.17. The number of aliphatic hydroxyl groups is 1. The zero-order valence-electron chi connectivity index (χ0n) is 11.9. The molecule has 0 atom stereocenters. The van der Waals surface area contributed by atoms with Gasteiger partial charge >= 0.3 is 0 Å². The Kier molecular flexibility index (Phi) is 6.02. The second-order valence-corrected chi connectivity index (χ2v) is 5.51. The number of likely N-dealkylation sites (tertiary alicyclic amines) is 1. The molecule has 0 radical (unpaired) electrons. The van der Waals surface area contributed by atoms with E-state index in [0.717, 1.165) is 44.6 Å². The van der Waals surface area contributed by atoms with E-state index in [1.807, 2.05) is 0 Å². The van der Waals surface area contributed by atoms with Crippen LogP contribution in [0.15, 0.2) is 12.1 Å². The van der Waals surface area contributed by atoms with Gasteiger partial charge in [-0.2, -0.15) is 0 Å². The first-order valence-electron chi connectivity index (χ1n) is 7.27. The van der Waals surface area contributed by atoms with Crippen LogP contribution in [0.4, 0.5) is 13.2 Å². The van der Waals surface area contributed by atoms with Crippen LogP contribution >= 0.6 is 0 Å². The van der Waals surface area contributed by atoms with Gasteiger partial charge in [-0.05, 0) is 56.1 Å². The van der Waals surface area contributed by atoms with Crippen LogP contribution in [-0.4, -0.2) is 42.8 Å². The summed E-state index contributed by atoms with van der Waals surface area (Å²) in [5, 5.41) is 12.0. The molecule has 1 aliphatic heterocycles. The summed E-state index contributed by atoms with van der Waals surface area (Å²) < 4.78 is 39.0. The molecular weight excluding hydrogens is 281 g/mol. The summed E-state index contributed by atoms with van der Waals surface area (Å²) in [5.41, 5.74) is 0.407. The van der Waals surface area contributed by atoms with Gasteiger partial charge in [0.1, 0.15) is 0 Å². The minimum Gasteiger partial charge on any atom is -0.395 e. The standard InChI is InChI=1S/C15H21F3N2O/c16-13-7-12(8-14(17)15(13)18)10-19-9-11-1-3-20(4-2-11)5-6-21/h7-8,11,19,21H,1-6,9-10H2. The lowest BCUT2D eigenvalue weighted by Crippen LogP contribution is -2.38. The molecule has 1 fully saturated rings. The molecule has 6 heteroatoms. The zero-order chi connectivity index (χ0) is 15.2. The first kappa shape index (κ1) is 16.3. The Morgan fingerprint density at radius 3 is 2.33 bits per heavy atom. The molecule has 1 aromatic carbocycles. The van der Waals surface area contributed by atoms with E-state index in [-0.39, 0.29) is 6.61 Å². The van der Waals surface area contributed by atoms with Crippen LogP contribution in [-0.2, 0) is 6.54 Å². The summed E-state index contributed by atoms with van der Waals surface area (Å²) in [5.74, 6) is -3.20. The topological polar surface area (TPSA) is 35.5 Å². The van der Waals surface area contributed by atoms with Crippen molar-refractivity contribution in [3.63, 3.8) is 0 Å². The van der Waals surface area contributed by atoms with Crippen molar-refractivity contribution in [2.45, 2.75) is 19.4 Å². The number of hydrogen-bond donors (Lipinski definition) is 2. The molecule has 1 saturated heterocycles. The summed E-state index contributed by atoms with van der Waals surface area (Å²) in [7, 11) is 0. The second kappa shape index (κ2) is 7.77. The van der Waals surface area contributed by atoms with Crippen molar-refractivity contribution in [3.05, 3.63) is 35.1 Å². The molecule has 2 rings (SSSR count). The van der Waals surface area contributed by atoms with Crippen molar-refractivity contribution in [2.75, 3.05) is 32.8 Å². The summed E-state index contributed by atoms with van der Waals surface area (Å²) in [6.45, 7) is 3.93. The van der Waals surface area contributed by atoms with Gasteiger partial charge in [-0.15, -0.1) is 0 Å². The molecular formula is C15H21F3N2O. The van der Waals surface area contributed by atoms with Crippen molar-refractivity contribution in [1.82, 2.24) is 10.2 Å². The maximum Gasteiger partial charge on any atom is 0.194 e. The summed E-state index contributed by atoms with van der Waals surface area (Å²) in [6.07, 6.45) is 2.08. The summed E-state index contributed by atoms with van der Waals surface area (Å²) >= 11 is 0. The predicted octanol–water partition coefficient (Wildman–Crippen LogP) is 1.90. The van der Waals surface area contributed by atoms with Gasteiger partial charge in [0.25, 0.3) is 0 Å². The molecule has 3 nitrogen and oxygen atoms in total. The largest absolute Gasteiger partial charge is 0.395 e. The van der Waals surface area contributed by atoms with E-state index in [9.17, 15) is 13.2 Å². The number of hydrogen-bond acceptors (Lipinski definition) is 3. The minimum absolute atomic E-state index is 0.185. The van der Waals surface area contributed by atoms with Crippen molar-refractivity contribution in [2.24, 2.45) is 5.92 Å². The van der Waals surface area contributed by atoms with Crippen LogP contribution in [0.3, 0.4) is 0 Å². The van der Waals surface area contributed by atoms with E-state index in [4.69, 9.17) is 5.11 Å². The third-order valence-electron chi connectivity index (χ3n) is 3.93. The third kappa shape index (κ3) is 4.69. The second-order valence-electron chi connectivity index (χ2n) is 5.51. The SMILES string of the molecule is OCCN1CCC(CNCc2cc(F)c(F)c(F)c2)CC1. The lowest BCUT2D eigenvalue weighted by molar-refractivity contribution is 0.146. The van der Waals surface area contributed by atoms with Crippen LogP contribution in [0.2, 0.25) is 0 Å². The molecule has 0 aliphatic carbocycles. The van der Waals surface area contributed by atoms with Gasteiger partial charge in [0.15, 0.2) is 17.5 Å². The van der Waals surface area contributed by atoms with Gasteiger partial charge in [0.2, 0.25) is 0 Å². The average molecular weight is 302 g/mol. The number of nitrogens with zero attached hydrogens (tertiary/aromatic N) is 1. The van der Waals surface area contributed by atoms with E-state index in [1.54, 1.807) is 0 Å². The van der Waals surface area contributed by atoms with E-state index >= 15 is 0 Å². The van der Waals surface area contributed by atoms with E-state index in [1.165, 1.54) is 0 Å². The Morgan fingerprint density at radius 1 is 1.14 bits per heavy atom. The van der Waals surface area contributed by atoms with Gasteiger partial charge < -0.3 is 15.3 Å². The third-order valence-corrected chi connectivity index (χ3v) is 3.93. The molecule has 1 heterocycles. The van der Waals surface area contributed by atoms with Crippen molar-refractivity contribution in [1.29, 1.82) is 0 Å². The van der Waals surface area contributed by atoms with E-state index in [0.29, 0.717) is 24.6 Å². The van der Waals surface area contributed by atoms with Crippen LogP contribution in [0, 0.1) is 23.4 Å². The molecule has 2 N–H and O–H groups in total. The molecule has 0 unspecified atom stereocenters. The van der Waals surface area contributed by atoms with E-state index < -0.39 is 17.5 Å². The van der Waals surface area contributed by atoms with Gasteiger partial charge in [0, 0.05) is 13.1 Å². The highest BCUT2D eigenvalue weighted by Gasteiger charge is 2.18. The minimum atomic E-state index is -1.42. The fraction of sp³-hybridized carbons (Fsp3) is 0.600. The molecule has 0 bridgehead atoms. The Balaban J connectivity index is 1.73. The summed E-state index contributed by atoms with van der Waals surface area (Å²) in [4.78, 5) is 2.22. The molecule has 0 saturated carbocycles. The quantitative estimate of drug-likeness (QED) is 0.788. The predicted molar refractivity (Wildman–Crippen MR) is 74.3 cm³/mol. The zero-order valence-corrected chi connectivity index (χ0v) is 11.9. The lowest BCUT2D eigenvalue weighted by Gasteiger charge is -2.31. The van der Waals surface area contributed by atoms with E-state index in [2.05, 4.69) is 10.2 Å². The average Bonchev–Trinajstić information content (AvgIpc) is 2.47. The number of benzene rings is 1. The van der Waals surface area contributed by atoms with Crippen LogP contribution in [0.5, 0.6) is 0 Å². The highest BCUT2D eigenvalue weighted by atomic mass is 19.2. The Morgan fingerprint density at radius 2 is 1.76 bits per heavy atom. The first-order chi connectivity index (χ1) is 10.1. The van der Waals surface area contributed by atoms with Crippen molar-refractivity contribution >= 4 is 0 Å². The fourth-order valence-electron chi connectivity index (χ4n) is 2.69. The lowest BCUT2D eigenvalue weighted by atomic mass is 9.97. The van der Waals surface area contributed by atoms with Crippen LogP contribution < -0.4 is 5.32 Å². The number of piperidine rings is 1. The maximum atomic E-state index is 13.1. The normalized spacial score (nSPS) is 17.3. The smallest absolute Gasteiger partial charge is 0.194 e. The number of halogens is 3. The number of nitrogens with one attached hydrogen (secondary N) is 1. The monoisotopic (exact) mass is 302 g/mol. The Bertz CT molecular complexity index is 439. The van der Waals surface area contributed by atoms with Gasteiger partial charge in [-0.25, -0.2) is 13.2 Å². The van der Waals surface area contributed by atoms with Crippen molar-refractivity contribution in [3.8, 4) is 0 Å². The number of β-amino-alcohol motifs (C(OH)–C–C–N with tert-alkyl or cyclic N) is 1. The molecule has 118 valence electrons. The number of aliphatic hydroxyl groups excluding tert-OH is 1. The fourth-order valence-corrected chi connectivity index (χ4v) is 2.69. The van der Waals surface area contributed by atoms with Gasteiger partial charge in [-0.3, -0.25) is 0 Å². The molecule has 1 aromatic rings. The number of rotatable bonds is 6. The highest BCUT2D eigenvalue weighted by molar-refractivity contribution is 5.19. The molecule has 0 spiro atoms. The van der Waals surface area contributed by atoms with Crippen LogP contribution in [0.1, 0.15) is 18.4 Å². The molecule has 0 aromatic heterocycles.